The van der Waals surface area contributed by atoms with Gasteiger partial charge in [-0.05, 0) is 64.0 Å². The van der Waals surface area contributed by atoms with Gasteiger partial charge in [0.05, 0.1) is 6.10 Å². The van der Waals surface area contributed by atoms with Crippen LogP contribution in [0.2, 0.25) is 0 Å². The third-order valence-electron chi connectivity index (χ3n) is 3.35. The quantitative estimate of drug-likeness (QED) is 0.837. The van der Waals surface area contributed by atoms with E-state index in [2.05, 4.69) is 48.6 Å². The van der Waals surface area contributed by atoms with Crippen LogP contribution < -0.4 is 10.1 Å². The highest BCUT2D eigenvalue weighted by Gasteiger charge is 2.16. The van der Waals surface area contributed by atoms with Crippen LogP contribution in [-0.2, 0) is 0 Å². The molecule has 0 radical (unpaired) electrons. The number of hydrogen-bond donors (Lipinski definition) is 1. The molecule has 1 aliphatic carbocycles. The minimum absolute atomic E-state index is 0.442. The molecule has 1 aromatic carbocycles. The van der Waals surface area contributed by atoms with Crippen LogP contribution in [0.25, 0.3) is 0 Å². The molecule has 1 aliphatic rings. The Morgan fingerprint density at radius 1 is 1.17 bits per heavy atom. The number of rotatable bonds is 6. The average molecular weight is 248 g/mol. The molecule has 3 nitrogen and oxygen atoms in total. The first kappa shape index (κ1) is 13.2. The van der Waals surface area contributed by atoms with Crippen molar-refractivity contribution in [3.05, 3.63) is 24.3 Å². The Balaban J connectivity index is 1.77. The van der Waals surface area contributed by atoms with Crippen molar-refractivity contribution in [3.8, 4) is 5.75 Å². The fourth-order valence-corrected chi connectivity index (χ4v) is 2.27. The summed E-state index contributed by atoms with van der Waals surface area (Å²) in [6.45, 7) is 2.01. The third kappa shape index (κ3) is 4.22. The van der Waals surface area contributed by atoms with Crippen LogP contribution >= 0.6 is 0 Å². The van der Waals surface area contributed by atoms with E-state index in [0.717, 1.165) is 24.5 Å². The molecule has 2 rings (SSSR count). The Bertz CT molecular complexity index is 342. The summed E-state index contributed by atoms with van der Waals surface area (Å²) in [7, 11) is 4.17. The molecule has 0 heterocycles. The molecule has 1 fully saturated rings. The average Bonchev–Trinajstić information content (AvgIpc) is 2.84. The van der Waals surface area contributed by atoms with Crippen molar-refractivity contribution in [2.24, 2.45) is 0 Å². The second kappa shape index (κ2) is 6.64. The molecule has 18 heavy (non-hydrogen) atoms. The Hall–Kier alpha value is -1.22. The predicted molar refractivity (Wildman–Crippen MR) is 76.4 cm³/mol. The Kier molecular flexibility index (Phi) is 4.88. The second-order valence-electron chi connectivity index (χ2n) is 5.28. The minimum Gasteiger partial charge on any atom is -0.490 e. The van der Waals surface area contributed by atoms with Crippen LogP contribution in [0.15, 0.2) is 24.3 Å². The molecule has 0 unspecified atom stereocenters. The van der Waals surface area contributed by atoms with Crippen LogP contribution in [0.1, 0.15) is 25.7 Å². The van der Waals surface area contributed by atoms with Gasteiger partial charge in [-0.2, -0.15) is 0 Å². The van der Waals surface area contributed by atoms with Gasteiger partial charge in [-0.15, -0.1) is 0 Å². The molecular weight excluding hydrogens is 224 g/mol. The van der Waals surface area contributed by atoms with Crippen molar-refractivity contribution in [2.75, 3.05) is 32.5 Å². The van der Waals surface area contributed by atoms with Crippen molar-refractivity contribution in [2.45, 2.75) is 31.8 Å². The summed E-state index contributed by atoms with van der Waals surface area (Å²) in [5.41, 5.74) is 1.16. The monoisotopic (exact) mass is 248 g/mol. The standard InChI is InChI=1S/C15H24N2O/c1-17(2)12-11-16-13-7-9-15(10-8-13)18-14-5-3-4-6-14/h7-10,14,16H,3-6,11-12H2,1-2H3. The molecule has 1 aromatic rings. The highest BCUT2D eigenvalue weighted by molar-refractivity contribution is 5.46. The molecule has 1 saturated carbocycles. The zero-order valence-electron chi connectivity index (χ0n) is 11.5. The van der Waals surface area contributed by atoms with Gasteiger partial charge >= 0.3 is 0 Å². The molecule has 0 amide bonds. The van der Waals surface area contributed by atoms with Crippen molar-refractivity contribution in [1.82, 2.24) is 4.90 Å². The number of ether oxygens (including phenoxy) is 1. The molecule has 0 aromatic heterocycles. The highest BCUT2D eigenvalue weighted by Crippen LogP contribution is 2.24. The minimum atomic E-state index is 0.442. The summed E-state index contributed by atoms with van der Waals surface area (Å²) >= 11 is 0. The van der Waals surface area contributed by atoms with E-state index < -0.39 is 0 Å². The molecule has 3 heteroatoms. The summed E-state index contributed by atoms with van der Waals surface area (Å²) < 4.78 is 5.94. The smallest absolute Gasteiger partial charge is 0.119 e. The lowest BCUT2D eigenvalue weighted by molar-refractivity contribution is 0.210. The van der Waals surface area contributed by atoms with Crippen molar-refractivity contribution in [1.29, 1.82) is 0 Å². The SMILES string of the molecule is CN(C)CCNc1ccc(OC2CCCC2)cc1. The van der Waals surface area contributed by atoms with Crippen molar-refractivity contribution in [3.63, 3.8) is 0 Å². The maximum absolute atomic E-state index is 5.94. The first-order valence-electron chi connectivity index (χ1n) is 6.89. The maximum Gasteiger partial charge on any atom is 0.119 e. The predicted octanol–water partition coefficient (Wildman–Crippen LogP) is 2.98. The largest absolute Gasteiger partial charge is 0.490 e. The number of likely N-dealkylation sites (N-methyl/N-ethyl adjacent to an activating group) is 1. The van der Waals surface area contributed by atoms with Gasteiger partial charge in [-0.3, -0.25) is 0 Å². The number of hydrogen-bond acceptors (Lipinski definition) is 3. The van der Waals surface area contributed by atoms with Crippen molar-refractivity contribution >= 4 is 5.69 Å². The van der Waals surface area contributed by atoms with Crippen LogP contribution in [0, 0.1) is 0 Å². The van der Waals surface area contributed by atoms with Gasteiger partial charge in [0.2, 0.25) is 0 Å². The van der Waals surface area contributed by atoms with E-state index in [4.69, 9.17) is 4.74 Å². The van der Waals surface area contributed by atoms with Gasteiger partial charge in [-0.1, -0.05) is 0 Å². The Morgan fingerprint density at radius 2 is 1.83 bits per heavy atom. The van der Waals surface area contributed by atoms with E-state index in [1.165, 1.54) is 25.7 Å². The fraction of sp³-hybridized carbons (Fsp3) is 0.600. The molecule has 0 saturated heterocycles. The number of nitrogens with one attached hydrogen (secondary N) is 1. The van der Waals surface area contributed by atoms with Gasteiger partial charge in [-0.25, -0.2) is 0 Å². The normalized spacial score (nSPS) is 16.2. The molecule has 0 atom stereocenters. The number of benzene rings is 1. The summed E-state index contributed by atoms with van der Waals surface area (Å²) in [6.07, 6.45) is 5.49. The van der Waals surface area contributed by atoms with E-state index in [1.54, 1.807) is 0 Å². The van der Waals surface area contributed by atoms with Gasteiger partial charge in [0.1, 0.15) is 5.75 Å². The van der Waals surface area contributed by atoms with Gasteiger partial charge in [0, 0.05) is 18.8 Å². The second-order valence-corrected chi connectivity index (χ2v) is 5.28. The van der Waals surface area contributed by atoms with E-state index in [1.807, 2.05) is 0 Å². The first-order valence-corrected chi connectivity index (χ1v) is 6.89. The van der Waals surface area contributed by atoms with Crippen LogP contribution in [0.5, 0.6) is 5.75 Å². The lowest BCUT2D eigenvalue weighted by Crippen LogP contribution is -2.20. The van der Waals surface area contributed by atoms with Gasteiger partial charge in [0.15, 0.2) is 0 Å². The van der Waals surface area contributed by atoms with Crippen molar-refractivity contribution < 1.29 is 4.74 Å². The van der Waals surface area contributed by atoms with Crippen LogP contribution in [0.4, 0.5) is 5.69 Å². The summed E-state index contributed by atoms with van der Waals surface area (Å²) in [6, 6.07) is 8.33. The van der Waals surface area contributed by atoms with Gasteiger partial charge < -0.3 is 15.0 Å². The van der Waals surface area contributed by atoms with E-state index in [0.29, 0.717) is 6.10 Å². The third-order valence-corrected chi connectivity index (χ3v) is 3.35. The molecule has 1 N–H and O–H groups in total. The molecule has 0 spiro atoms. The summed E-state index contributed by atoms with van der Waals surface area (Å²) in [5, 5.41) is 3.40. The lowest BCUT2D eigenvalue weighted by Gasteiger charge is -2.14. The van der Waals surface area contributed by atoms with E-state index in [-0.39, 0.29) is 0 Å². The van der Waals surface area contributed by atoms with Crippen LogP contribution in [0.3, 0.4) is 0 Å². The fourth-order valence-electron chi connectivity index (χ4n) is 2.27. The van der Waals surface area contributed by atoms with E-state index >= 15 is 0 Å². The van der Waals surface area contributed by atoms with Crippen LogP contribution in [-0.4, -0.2) is 38.2 Å². The van der Waals surface area contributed by atoms with Gasteiger partial charge in [0.25, 0.3) is 0 Å². The summed E-state index contributed by atoms with van der Waals surface area (Å²) in [4.78, 5) is 2.17. The molecule has 0 bridgehead atoms. The maximum atomic E-state index is 5.94. The summed E-state index contributed by atoms with van der Waals surface area (Å²) in [5.74, 6) is 1.00. The zero-order chi connectivity index (χ0) is 12.8. The lowest BCUT2D eigenvalue weighted by atomic mass is 10.2. The first-order chi connectivity index (χ1) is 8.74. The highest BCUT2D eigenvalue weighted by atomic mass is 16.5. The van der Waals surface area contributed by atoms with E-state index in [9.17, 15) is 0 Å². The zero-order valence-corrected chi connectivity index (χ0v) is 11.5. The molecule has 100 valence electrons. The number of anilines is 1. The Labute approximate surface area is 110 Å². The number of nitrogens with zero attached hydrogens (tertiary/aromatic N) is 1. The molecule has 0 aliphatic heterocycles. The molecular formula is C15H24N2O. The topological polar surface area (TPSA) is 24.5 Å². The Morgan fingerprint density at radius 3 is 2.44 bits per heavy atom.